The number of hydrogen-bond donors (Lipinski definition) is 1. The van der Waals surface area contributed by atoms with Gasteiger partial charge in [0.25, 0.3) is 0 Å². The summed E-state index contributed by atoms with van der Waals surface area (Å²) in [5, 5.41) is 0. The van der Waals surface area contributed by atoms with E-state index >= 15 is 0 Å². The van der Waals surface area contributed by atoms with E-state index in [4.69, 9.17) is 10.5 Å². The van der Waals surface area contributed by atoms with Gasteiger partial charge in [-0.1, -0.05) is 6.92 Å². The molecular formula is C14H19N3O2S. The normalized spacial score (nSPS) is 10.8. The van der Waals surface area contributed by atoms with Crippen molar-refractivity contribution in [1.82, 2.24) is 9.55 Å². The van der Waals surface area contributed by atoms with Crippen LogP contribution in [0.3, 0.4) is 0 Å². The van der Waals surface area contributed by atoms with Crippen LogP contribution in [0.15, 0.2) is 6.07 Å². The highest BCUT2D eigenvalue weighted by Crippen LogP contribution is 2.24. The fourth-order valence-corrected chi connectivity index (χ4v) is 3.13. The third-order valence-corrected chi connectivity index (χ3v) is 4.45. The van der Waals surface area contributed by atoms with Crippen molar-refractivity contribution in [3.8, 4) is 0 Å². The predicted molar refractivity (Wildman–Crippen MR) is 80.3 cm³/mol. The first kappa shape index (κ1) is 14.6. The number of anilines is 1. The molecule has 0 fully saturated rings. The number of rotatable bonds is 4. The van der Waals surface area contributed by atoms with Crippen LogP contribution in [0.1, 0.15) is 38.6 Å². The van der Waals surface area contributed by atoms with E-state index < -0.39 is 5.97 Å². The lowest BCUT2D eigenvalue weighted by Crippen LogP contribution is -2.09. The average molecular weight is 293 g/mol. The van der Waals surface area contributed by atoms with Crippen molar-refractivity contribution in [1.29, 1.82) is 0 Å². The second-order valence-corrected chi connectivity index (χ2v) is 5.99. The van der Waals surface area contributed by atoms with E-state index in [9.17, 15) is 4.79 Å². The zero-order chi connectivity index (χ0) is 14.9. The first-order chi connectivity index (χ1) is 9.47. The number of nitrogens with zero attached hydrogens (tertiary/aromatic N) is 2. The van der Waals surface area contributed by atoms with Crippen LogP contribution in [-0.2, 0) is 17.7 Å². The smallest absolute Gasteiger partial charge is 0.360 e. The molecule has 0 aliphatic heterocycles. The second kappa shape index (κ2) is 5.66. The van der Waals surface area contributed by atoms with E-state index in [1.807, 2.05) is 11.5 Å². The molecule has 0 aromatic carbocycles. The Hall–Kier alpha value is -1.82. The van der Waals surface area contributed by atoms with Crippen molar-refractivity contribution in [3.05, 3.63) is 32.9 Å². The summed E-state index contributed by atoms with van der Waals surface area (Å²) in [7, 11) is 1.33. The van der Waals surface area contributed by atoms with Crippen LogP contribution in [0.5, 0.6) is 0 Å². The number of aromatic nitrogens is 2. The van der Waals surface area contributed by atoms with Gasteiger partial charge in [0.1, 0.15) is 11.6 Å². The molecule has 0 spiro atoms. The molecule has 0 aliphatic carbocycles. The molecule has 0 unspecified atom stereocenters. The van der Waals surface area contributed by atoms with Crippen LogP contribution >= 0.6 is 11.3 Å². The Morgan fingerprint density at radius 2 is 2.20 bits per heavy atom. The minimum Gasteiger partial charge on any atom is -0.464 e. The molecule has 0 saturated heterocycles. The molecule has 0 bridgehead atoms. The molecular weight excluding hydrogens is 274 g/mol. The summed E-state index contributed by atoms with van der Waals surface area (Å²) in [5.41, 5.74) is 7.53. The maximum atomic E-state index is 11.7. The fourth-order valence-electron chi connectivity index (χ4n) is 2.09. The van der Waals surface area contributed by atoms with Crippen LogP contribution in [0.2, 0.25) is 0 Å². The van der Waals surface area contributed by atoms with Crippen molar-refractivity contribution in [3.63, 3.8) is 0 Å². The predicted octanol–water partition coefficient (Wildman–Crippen LogP) is 2.54. The Labute approximate surface area is 122 Å². The lowest BCUT2D eigenvalue weighted by molar-refractivity contribution is 0.0595. The van der Waals surface area contributed by atoms with Crippen molar-refractivity contribution >= 4 is 23.1 Å². The van der Waals surface area contributed by atoms with Gasteiger partial charge < -0.3 is 15.0 Å². The van der Waals surface area contributed by atoms with Crippen molar-refractivity contribution < 1.29 is 9.53 Å². The molecule has 0 aliphatic rings. The molecule has 0 saturated carbocycles. The highest BCUT2D eigenvalue weighted by atomic mass is 32.1. The van der Waals surface area contributed by atoms with Crippen molar-refractivity contribution in [2.75, 3.05) is 12.8 Å². The SMILES string of the molecule is CCc1nc(C(=O)OC)c(N)n1Cc1cc(C)c(C)s1. The third kappa shape index (κ3) is 2.56. The highest BCUT2D eigenvalue weighted by Gasteiger charge is 2.20. The number of aryl methyl sites for hydroxylation is 3. The van der Waals surface area contributed by atoms with Gasteiger partial charge in [0, 0.05) is 16.2 Å². The largest absolute Gasteiger partial charge is 0.464 e. The lowest BCUT2D eigenvalue weighted by Gasteiger charge is -2.07. The van der Waals surface area contributed by atoms with Gasteiger partial charge in [-0.2, -0.15) is 0 Å². The monoisotopic (exact) mass is 293 g/mol. The van der Waals surface area contributed by atoms with Crippen LogP contribution in [0.25, 0.3) is 0 Å². The van der Waals surface area contributed by atoms with Gasteiger partial charge in [0.15, 0.2) is 5.69 Å². The number of carbonyl (C=O) groups excluding carboxylic acids is 1. The molecule has 2 rings (SSSR count). The van der Waals surface area contributed by atoms with Gasteiger partial charge in [0.05, 0.1) is 13.7 Å². The molecule has 2 N–H and O–H groups in total. The Balaban J connectivity index is 2.40. The molecule has 20 heavy (non-hydrogen) atoms. The van der Waals surface area contributed by atoms with E-state index in [0.29, 0.717) is 18.8 Å². The maximum absolute atomic E-state index is 11.7. The molecule has 0 radical (unpaired) electrons. The number of nitrogens with two attached hydrogens (primary N) is 1. The lowest BCUT2D eigenvalue weighted by atomic mass is 10.3. The van der Waals surface area contributed by atoms with Crippen LogP contribution < -0.4 is 5.73 Å². The molecule has 2 heterocycles. The summed E-state index contributed by atoms with van der Waals surface area (Å²) in [4.78, 5) is 18.4. The van der Waals surface area contributed by atoms with E-state index in [0.717, 1.165) is 5.82 Å². The number of imidazole rings is 1. The molecule has 0 amide bonds. The summed E-state index contributed by atoms with van der Waals surface area (Å²) in [5.74, 6) is 0.679. The summed E-state index contributed by atoms with van der Waals surface area (Å²) in [6.45, 7) is 6.82. The summed E-state index contributed by atoms with van der Waals surface area (Å²) in [6.07, 6.45) is 0.713. The van der Waals surface area contributed by atoms with Gasteiger partial charge >= 0.3 is 5.97 Å². The van der Waals surface area contributed by atoms with Crippen LogP contribution in [0, 0.1) is 13.8 Å². The molecule has 2 aromatic heterocycles. The number of nitrogen functional groups attached to an aromatic ring is 1. The second-order valence-electron chi connectivity index (χ2n) is 4.65. The Bertz CT molecular complexity index is 624. The van der Waals surface area contributed by atoms with E-state index in [2.05, 4.69) is 24.9 Å². The summed E-state index contributed by atoms with van der Waals surface area (Å²) in [6, 6.07) is 2.15. The number of methoxy groups -OCH3 is 1. The van der Waals surface area contributed by atoms with Gasteiger partial charge in [-0.05, 0) is 25.5 Å². The Morgan fingerprint density at radius 3 is 2.70 bits per heavy atom. The number of esters is 1. The standard InChI is InChI=1S/C14H19N3O2S/c1-5-11-16-12(14(18)19-4)13(15)17(11)7-10-6-8(2)9(3)20-10/h6H,5,7,15H2,1-4H3. The minimum absolute atomic E-state index is 0.203. The molecule has 2 aromatic rings. The van der Waals surface area contributed by atoms with E-state index in [-0.39, 0.29) is 5.69 Å². The van der Waals surface area contributed by atoms with Crippen LogP contribution in [-0.4, -0.2) is 22.6 Å². The first-order valence-corrected chi connectivity index (χ1v) is 7.28. The van der Waals surface area contributed by atoms with E-state index in [1.165, 1.54) is 22.4 Å². The number of thiophene rings is 1. The van der Waals surface area contributed by atoms with Crippen LogP contribution in [0.4, 0.5) is 5.82 Å². The van der Waals surface area contributed by atoms with Gasteiger partial charge in [-0.25, -0.2) is 9.78 Å². The van der Waals surface area contributed by atoms with E-state index in [1.54, 1.807) is 11.3 Å². The molecule has 108 valence electrons. The topological polar surface area (TPSA) is 70.1 Å². The Kier molecular flexibility index (Phi) is 4.13. The van der Waals surface area contributed by atoms with Crippen molar-refractivity contribution in [2.45, 2.75) is 33.7 Å². The van der Waals surface area contributed by atoms with Crippen molar-refractivity contribution in [2.24, 2.45) is 0 Å². The maximum Gasteiger partial charge on any atom is 0.360 e. The summed E-state index contributed by atoms with van der Waals surface area (Å²) >= 11 is 1.74. The molecule has 5 nitrogen and oxygen atoms in total. The summed E-state index contributed by atoms with van der Waals surface area (Å²) < 4.78 is 6.60. The number of ether oxygens (including phenoxy) is 1. The van der Waals surface area contributed by atoms with Gasteiger partial charge in [-0.3, -0.25) is 0 Å². The zero-order valence-electron chi connectivity index (χ0n) is 12.2. The number of carbonyl (C=O) groups is 1. The average Bonchev–Trinajstić information content (AvgIpc) is 2.91. The Morgan fingerprint density at radius 1 is 1.50 bits per heavy atom. The third-order valence-electron chi connectivity index (χ3n) is 3.31. The first-order valence-electron chi connectivity index (χ1n) is 6.47. The molecule has 6 heteroatoms. The highest BCUT2D eigenvalue weighted by molar-refractivity contribution is 7.12. The minimum atomic E-state index is -0.491. The van der Waals surface area contributed by atoms with Gasteiger partial charge in [0.2, 0.25) is 0 Å². The quantitative estimate of drug-likeness (QED) is 0.879. The zero-order valence-corrected chi connectivity index (χ0v) is 13.0. The fraction of sp³-hybridized carbons (Fsp3) is 0.429. The molecule has 0 atom stereocenters. The van der Waals surface area contributed by atoms with Gasteiger partial charge in [-0.15, -0.1) is 11.3 Å². The number of hydrogen-bond acceptors (Lipinski definition) is 5.